The molecule has 1 aliphatic heterocycles. The Bertz CT molecular complexity index is 768. The molecule has 0 fully saturated rings. The average molecular weight is 340 g/mol. The molecule has 2 heterocycles. The number of halogens is 3. The van der Waals surface area contributed by atoms with Gasteiger partial charge in [-0.3, -0.25) is 15.1 Å². The van der Waals surface area contributed by atoms with Crippen LogP contribution in [0.1, 0.15) is 16.1 Å². The van der Waals surface area contributed by atoms with Gasteiger partial charge in [0.25, 0.3) is 5.91 Å². The first kappa shape index (κ1) is 15.7. The van der Waals surface area contributed by atoms with E-state index < -0.39 is 17.6 Å². The van der Waals surface area contributed by atoms with Crippen molar-refractivity contribution in [2.24, 2.45) is 4.99 Å². The summed E-state index contributed by atoms with van der Waals surface area (Å²) in [5, 5.41) is 3.12. The lowest BCUT2D eigenvalue weighted by Gasteiger charge is -2.07. The van der Waals surface area contributed by atoms with Gasteiger partial charge in [0, 0.05) is 11.3 Å². The Morgan fingerprint density at radius 3 is 2.78 bits per heavy atom. The van der Waals surface area contributed by atoms with Crippen LogP contribution < -0.4 is 5.32 Å². The van der Waals surface area contributed by atoms with Crippen molar-refractivity contribution in [2.45, 2.75) is 6.18 Å². The van der Waals surface area contributed by atoms with Crippen molar-refractivity contribution in [1.82, 2.24) is 5.32 Å². The number of nitrogens with one attached hydrogen (secondary N) is 1. The quantitative estimate of drug-likeness (QED) is 0.905. The van der Waals surface area contributed by atoms with E-state index in [1.165, 1.54) is 36.0 Å². The van der Waals surface area contributed by atoms with Crippen LogP contribution in [0.5, 0.6) is 0 Å². The van der Waals surface area contributed by atoms with Crippen LogP contribution in [-0.2, 0) is 6.18 Å². The SMILES string of the molecule is O=C(NC1=NCCS1)c1ccc(-c2cccc(C(F)(F)F)c2)o1. The minimum atomic E-state index is -4.43. The molecule has 3 rings (SSSR count). The first-order valence-corrected chi connectivity index (χ1v) is 7.68. The fraction of sp³-hybridized carbons (Fsp3) is 0.200. The molecule has 2 aromatic rings. The van der Waals surface area contributed by atoms with Gasteiger partial charge in [-0.2, -0.15) is 13.2 Å². The van der Waals surface area contributed by atoms with Crippen molar-refractivity contribution >= 4 is 22.8 Å². The highest BCUT2D eigenvalue weighted by molar-refractivity contribution is 8.14. The van der Waals surface area contributed by atoms with Crippen LogP contribution in [-0.4, -0.2) is 23.4 Å². The zero-order chi connectivity index (χ0) is 16.4. The third-order valence-electron chi connectivity index (χ3n) is 3.11. The molecule has 4 nitrogen and oxygen atoms in total. The van der Waals surface area contributed by atoms with Crippen LogP contribution in [0, 0.1) is 0 Å². The fourth-order valence-corrected chi connectivity index (χ4v) is 2.76. The van der Waals surface area contributed by atoms with Crippen LogP contribution in [0.4, 0.5) is 13.2 Å². The Labute approximate surface area is 133 Å². The molecule has 1 amide bonds. The van der Waals surface area contributed by atoms with E-state index in [1.807, 2.05) is 0 Å². The third-order valence-corrected chi connectivity index (χ3v) is 4.00. The van der Waals surface area contributed by atoms with Gasteiger partial charge in [-0.15, -0.1) is 0 Å². The van der Waals surface area contributed by atoms with E-state index in [1.54, 1.807) is 0 Å². The summed E-state index contributed by atoms with van der Waals surface area (Å²) in [5.74, 6) is 0.551. The maximum atomic E-state index is 12.7. The number of hydrogen-bond donors (Lipinski definition) is 1. The number of nitrogens with zero attached hydrogens (tertiary/aromatic N) is 1. The fourth-order valence-electron chi connectivity index (χ4n) is 2.03. The number of amides is 1. The average Bonchev–Trinajstić information content (AvgIpc) is 3.17. The molecule has 23 heavy (non-hydrogen) atoms. The summed E-state index contributed by atoms with van der Waals surface area (Å²) in [7, 11) is 0. The lowest BCUT2D eigenvalue weighted by molar-refractivity contribution is -0.137. The van der Waals surface area contributed by atoms with Gasteiger partial charge in [0.1, 0.15) is 5.76 Å². The Kier molecular flexibility index (Phi) is 4.16. The summed E-state index contributed by atoms with van der Waals surface area (Å²) < 4.78 is 43.6. The standard InChI is InChI=1S/C15H11F3N2O2S/c16-15(17,18)10-3-1-2-9(8-10)11-4-5-12(22-11)13(21)20-14-19-6-7-23-14/h1-5,8H,6-7H2,(H,19,20,21). The highest BCUT2D eigenvalue weighted by Crippen LogP contribution is 2.32. The van der Waals surface area contributed by atoms with E-state index in [0.29, 0.717) is 11.7 Å². The predicted molar refractivity (Wildman–Crippen MR) is 81.4 cm³/mol. The Morgan fingerprint density at radius 1 is 1.26 bits per heavy atom. The van der Waals surface area contributed by atoms with E-state index in [2.05, 4.69) is 10.3 Å². The van der Waals surface area contributed by atoms with Gasteiger partial charge in [0.05, 0.1) is 12.1 Å². The largest absolute Gasteiger partial charge is 0.451 e. The van der Waals surface area contributed by atoms with Crippen LogP contribution in [0.25, 0.3) is 11.3 Å². The van der Waals surface area contributed by atoms with Gasteiger partial charge in [-0.25, -0.2) is 0 Å². The molecule has 120 valence electrons. The minimum absolute atomic E-state index is 0.0209. The Hall–Kier alpha value is -2.22. The number of furan rings is 1. The summed E-state index contributed by atoms with van der Waals surface area (Å²) in [6.07, 6.45) is -4.43. The Morgan fingerprint density at radius 2 is 2.09 bits per heavy atom. The summed E-state index contributed by atoms with van der Waals surface area (Å²) in [4.78, 5) is 16.1. The second-order valence-electron chi connectivity index (χ2n) is 4.73. The summed E-state index contributed by atoms with van der Waals surface area (Å²) in [5.41, 5.74) is -0.513. The summed E-state index contributed by atoms with van der Waals surface area (Å²) in [6.45, 7) is 0.647. The predicted octanol–water partition coefficient (Wildman–Crippen LogP) is 3.80. The maximum Gasteiger partial charge on any atom is 0.416 e. The molecule has 0 spiro atoms. The molecule has 0 aliphatic carbocycles. The van der Waals surface area contributed by atoms with E-state index in [0.717, 1.165) is 17.9 Å². The highest BCUT2D eigenvalue weighted by Gasteiger charge is 2.30. The maximum absolute atomic E-state index is 12.7. The van der Waals surface area contributed by atoms with Crippen molar-refractivity contribution in [3.05, 3.63) is 47.7 Å². The number of benzene rings is 1. The van der Waals surface area contributed by atoms with Crippen molar-refractivity contribution in [3.8, 4) is 11.3 Å². The molecule has 0 radical (unpaired) electrons. The van der Waals surface area contributed by atoms with Crippen molar-refractivity contribution in [2.75, 3.05) is 12.3 Å². The number of amidine groups is 1. The number of thioether (sulfide) groups is 1. The van der Waals surface area contributed by atoms with Crippen molar-refractivity contribution in [1.29, 1.82) is 0 Å². The first-order valence-electron chi connectivity index (χ1n) is 6.69. The third kappa shape index (κ3) is 3.58. The number of aliphatic imine (C=N–C) groups is 1. The van der Waals surface area contributed by atoms with E-state index >= 15 is 0 Å². The van der Waals surface area contributed by atoms with Crippen LogP contribution in [0.2, 0.25) is 0 Å². The summed E-state index contributed by atoms with van der Waals surface area (Å²) in [6, 6.07) is 7.64. The molecule has 1 aromatic carbocycles. The number of carbonyl (C=O) groups is 1. The summed E-state index contributed by atoms with van der Waals surface area (Å²) >= 11 is 1.42. The van der Waals surface area contributed by atoms with E-state index in [4.69, 9.17) is 4.42 Å². The number of carbonyl (C=O) groups excluding carboxylic acids is 1. The van der Waals surface area contributed by atoms with Gasteiger partial charge in [0.15, 0.2) is 10.9 Å². The van der Waals surface area contributed by atoms with Gasteiger partial charge >= 0.3 is 6.18 Å². The number of alkyl halides is 3. The van der Waals surface area contributed by atoms with Crippen LogP contribution in [0.3, 0.4) is 0 Å². The molecule has 1 aliphatic rings. The number of rotatable bonds is 2. The molecule has 1 aromatic heterocycles. The van der Waals surface area contributed by atoms with Gasteiger partial charge < -0.3 is 4.42 Å². The van der Waals surface area contributed by atoms with Gasteiger partial charge in [-0.1, -0.05) is 23.9 Å². The van der Waals surface area contributed by atoms with Crippen molar-refractivity contribution < 1.29 is 22.4 Å². The minimum Gasteiger partial charge on any atom is -0.451 e. The molecule has 0 saturated carbocycles. The normalized spacial score (nSPS) is 14.7. The molecular weight excluding hydrogens is 329 g/mol. The second-order valence-corrected chi connectivity index (χ2v) is 5.82. The molecule has 8 heteroatoms. The van der Waals surface area contributed by atoms with Gasteiger partial charge in [-0.05, 0) is 24.3 Å². The van der Waals surface area contributed by atoms with Gasteiger partial charge in [0.2, 0.25) is 0 Å². The highest BCUT2D eigenvalue weighted by atomic mass is 32.2. The number of hydrogen-bond acceptors (Lipinski definition) is 4. The second kappa shape index (κ2) is 6.11. The lowest BCUT2D eigenvalue weighted by atomic mass is 10.1. The molecule has 0 saturated heterocycles. The van der Waals surface area contributed by atoms with E-state index in [9.17, 15) is 18.0 Å². The molecule has 0 atom stereocenters. The lowest BCUT2D eigenvalue weighted by Crippen LogP contribution is -2.26. The zero-order valence-electron chi connectivity index (χ0n) is 11.7. The molecular formula is C15H11F3N2O2S. The monoisotopic (exact) mass is 340 g/mol. The van der Waals surface area contributed by atoms with E-state index in [-0.39, 0.29) is 17.1 Å². The Balaban J connectivity index is 1.80. The van der Waals surface area contributed by atoms with Crippen LogP contribution in [0.15, 0.2) is 45.8 Å². The van der Waals surface area contributed by atoms with Crippen LogP contribution >= 0.6 is 11.8 Å². The molecule has 0 unspecified atom stereocenters. The van der Waals surface area contributed by atoms with Crippen molar-refractivity contribution in [3.63, 3.8) is 0 Å². The molecule has 1 N–H and O–H groups in total. The smallest absolute Gasteiger partial charge is 0.416 e. The first-order chi connectivity index (χ1) is 10.9. The zero-order valence-corrected chi connectivity index (χ0v) is 12.5. The topological polar surface area (TPSA) is 54.6 Å². The molecule has 0 bridgehead atoms.